The number of anilines is 2. The molecule has 0 aromatic heterocycles. The minimum atomic E-state index is -0.351. The molecular formula is C15H23N3O3. The molecule has 0 bridgehead atoms. The Labute approximate surface area is 124 Å². The molecule has 1 saturated heterocycles. The van der Waals surface area contributed by atoms with E-state index in [0.717, 1.165) is 19.4 Å². The number of nitrogens with zero attached hydrogens (tertiary/aromatic N) is 1. The third-order valence-corrected chi connectivity index (χ3v) is 3.84. The highest BCUT2D eigenvalue weighted by Gasteiger charge is 2.26. The van der Waals surface area contributed by atoms with Crippen molar-refractivity contribution in [3.05, 3.63) is 18.2 Å². The Balaban J connectivity index is 2.05. The number of methoxy groups -OCH3 is 1. The van der Waals surface area contributed by atoms with Crippen molar-refractivity contribution < 1.29 is 14.6 Å². The second-order valence-electron chi connectivity index (χ2n) is 5.42. The number of hydrogen-bond acceptors (Lipinski definition) is 5. The first kappa shape index (κ1) is 15.6. The molecule has 116 valence electrons. The molecule has 1 aliphatic rings. The van der Waals surface area contributed by atoms with Gasteiger partial charge >= 0.3 is 0 Å². The zero-order chi connectivity index (χ0) is 15.4. The third-order valence-electron chi connectivity index (χ3n) is 3.84. The lowest BCUT2D eigenvalue weighted by molar-refractivity contribution is -0.121. The highest BCUT2D eigenvalue weighted by atomic mass is 16.5. The van der Waals surface area contributed by atoms with Gasteiger partial charge in [0.1, 0.15) is 5.75 Å². The van der Waals surface area contributed by atoms with Gasteiger partial charge in [0, 0.05) is 12.2 Å². The van der Waals surface area contributed by atoms with Crippen molar-refractivity contribution >= 4 is 17.3 Å². The zero-order valence-electron chi connectivity index (χ0n) is 12.5. The number of hydrogen-bond donors (Lipinski definition) is 3. The summed E-state index contributed by atoms with van der Waals surface area (Å²) < 4.78 is 5.22. The number of rotatable bonds is 4. The standard InChI is InChI=1S/C15H23N3O3/c1-10(18-7-3-4-12(19)9-18)15(20)17-13-8-11(16)5-6-14(13)21-2/h5-6,8,10,12,19H,3-4,7,9,16H2,1-2H3,(H,17,20). The van der Waals surface area contributed by atoms with Crippen LogP contribution in [0.15, 0.2) is 18.2 Å². The van der Waals surface area contributed by atoms with Crippen molar-refractivity contribution in [3.63, 3.8) is 0 Å². The van der Waals surface area contributed by atoms with E-state index in [4.69, 9.17) is 10.5 Å². The van der Waals surface area contributed by atoms with Crippen LogP contribution in [0.25, 0.3) is 0 Å². The number of aliphatic hydroxyl groups excluding tert-OH is 1. The molecule has 0 spiro atoms. The maximum absolute atomic E-state index is 12.4. The number of carbonyl (C=O) groups excluding carboxylic acids is 1. The molecule has 1 heterocycles. The van der Waals surface area contributed by atoms with Gasteiger partial charge in [0.05, 0.1) is 24.9 Å². The maximum atomic E-state index is 12.4. The van der Waals surface area contributed by atoms with E-state index >= 15 is 0 Å². The molecule has 1 fully saturated rings. The van der Waals surface area contributed by atoms with Gasteiger partial charge in [-0.25, -0.2) is 0 Å². The Morgan fingerprint density at radius 3 is 3.00 bits per heavy atom. The minimum Gasteiger partial charge on any atom is -0.495 e. The number of β-amino-alcohol motifs (C(OH)–C–C–N with tert-alkyl or cyclic N) is 1. The van der Waals surface area contributed by atoms with Crippen molar-refractivity contribution in [2.45, 2.75) is 31.9 Å². The first-order chi connectivity index (χ1) is 10.0. The summed E-state index contributed by atoms with van der Waals surface area (Å²) in [7, 11) is 1.55. The van der Waals surface area contributed by atoms with E-state index < -0.39 is 0 Å². The molecule has 6 nitrogen and oxygen atoms in total. The van der Waals surface area contributed by atoms with E-state index in [1.54, 1.807) is 25.3 Å². The fourth-order valence-electron chi connectivity index (χ4n) is 2.56. The molecule has 1 aromatic rings. The summed E-state index contributed by atoms with van der Waals surface area (Å²) in [5.74, 6) is 0.441. The molecule has 4 N–H and O–H groups in total. The molecule has 6 heteroatoms. The summed E-state index contributed by atoms with van der Waals surface area (Å²) in [6.45, 7) is 3.19. The van der Waals surface area contributed by atoms with E-state index in [1.807, 2.05) is 11.8 Å². The lowest BCUT2D eigenvalue weighted by atomic mass is 10.1. The number of nitrogens with two attached hydrogens (primary N) is 1. The minimum absolute atomic E-state index is 0.131. The Morgan fingerprint density at radius 1 is 1.57 bits per heavy atom. The molecule has 1 aromatic carbocycles. The van der Waals surface area contributed by atoms with Gasteiger partial charge in [-0.05, 0) is 44.5 Å². The van der Waals surface area contributed by atoms with E-state index in [0.29, 0.717) is 23.7 Å². The first-order valence-corrected chi connectivity index (χ1v) is 7.17. The van der Waals surface area contributed by atoms with Crippen LogP contribution >= 0.6 is 0 Å². The van der Waals surface area contributed by atoms with Gasteiger partial charge in [-0.2, -0.15) is 0 Å². The van der Waals surface area contributed by atoms with Gasteiger partial charge < -0.3 is 20.9 Å². The van der Waals surface area contributed by atoms with Crippen LogP contribution in [0.4, 0.5) is 11.4 Å². The van der Waals surface area contributed by atoms with Gasteiger partial charge in [0.15, 0.2) is 0 Å². The van der Waals surface area contributed by atoms with Crippen molar-refractivity contribution in [2.24, 2.45) is 0 Å². The fraction of sp³-hybridized carbons (Fsp3) is 0.533. The summed E-state index contributed by atoms with van der Waals surface area (Å²) >= 11 is 0. The Bertz CT molecular complexity index is 507. The Morgan fingerprint density at radius 2 is 2.33 bits per heavy atom. The van der Waals surface area contributed by atoms with Crippen LogP contribution < -0.4 is 15.8 Å². The molecule has 2 atom stereocenters. The average Bonchev–Trinajstić information content (AvgIpc) is 2.46. The summed E-state index contributed by atoms with van der Waals surface area (Å²) in [5.41, 5.74) is 6.87. The van der Waals surface area contributed by atoms with Crippen molar-refractivity contribution in [2.75, 3.05) is 31.2 Å². The van der Waals surface area contributed by atoms with Gasteiger partial charge in [0.2, 0.25) is 5.91 Å². The van der Waals surface area contributed by atoms with Gasteiger partial charge in [-0.1, -0.05) is 0 Å². The topological polar surface area (TPSA) is 87.8 Å². The highest BCUT2D eigenvalue weighted by Crippen LogP contribution is 2.27. The van der Waals surface area contributed by atoms with Crippen LogP contribution in [0.3, 0.4) is 0 Å². The molecule has 1 aliphatic heterocycles. The normalized spacial score (nSPS) is 20.8. The number of likely N-dealkylation sites (tertiary alicyclic amines) is 1. The lowest BCUT2D eigenvalue weighted by Crippen LogP contribution is -2.48. The van der Waals surface area contributed by atoms with E-state index in [-0.39, 0.29) is 18.1 Å². The summed E-state index contributed by atoms with van der Waals surface area (Å²) in [5, 5.41) is 12.6. The first-order valence-electron chi connectivity index (χ1n) is 7.17. The smallest absolute Gasteiger partial charge is 0.241 e. The molecule has 0 aliphatic carbocycles. The second kappa shape index (κ2) is 6.78. The van der Waals surface area contributed by atoms with Crippen LogP contribution in [0.2, 0.25) is 0 Å². The van der Waals surface area contributed by atoms with Crippen LogP contribution in [-0.4, -0.2) is 48.3 Å². The summed E-state index contributed by atoms with van der Waals surface area (Å²) in [6, 6.07) is 4.80. The van der Waals surface area contributed by atoms with E-state index in [9.17, 15) is 9.90 Å². The summed E-state index contributed by atoms with van der Waals surface area (Å²) in [4.78, 5) is 14.4. The third kappa shape index (κ3) is 3.86. The summed E-state index contributed by atoms with van der Waals surface area (Å²) in [6.07, 6.45) is 1.35. The number of benzene rings is 1. The number of carbonyl (C=O) groups is 1. The molecule has 0 saturated carbocycles. The molecule has 2 rings (SSSR count). The van der Waals surface area contributed by atoms with Crippen LogP contribution in [0.1, 0.15) is 19.8 Å². The van der Waals surface area contributed by atoms with Crippen LogP contribution in [0, 0.1) is 0 Å². The second-order valence-corrected chi connectivity index (χ2v) is 5.42. The zero-order valence-corrected chi connectivity index (χ0v) is 12.5. The van der Waals surface area contributed by atoms with Gasteiger partial charge in [-0.15, -0.1) is 0 Å². The Hall–Kier alpha value is -1.79. The fourth-order valence-corrected chi connectivity index (χ4v) is 2.56. The van der Waals surface area contributed by atoms with Crippen molar-refractivity contribution in [3.8, 4) is 5.75 Å². The number of nitrogen functional groups attached to an aromatic ring is 1. The number of amides is 1. The quantitative estimate of drug-likeness (QED) is 0.723. The molecule has 21 heavy (non-hydrogen) atoms. The van der Waals surface area contributed by atoms with Gasteiger partial charge in [-0.3, -0.25) is 9.69 Å². The number of nitrogens with one attached hydrogen (secondary N) is 1. The van der Waals surface area contributed by atoms with Gasteiger partial charge in [0.25, 0.3) is 0 Å². The lowest BCUT2D eigenvalue weighted by Gasteiger charge is -2.34. The largest absolute Gasteiger partial charge is 0.495 e. The Kier molecular flexibility index (Phi) is 5.03. The maximum Gasteiger partial charge on any atom is 0.241 e. The van der Waals surface area contributed by atoms with E-state index in [1.165, 1.54) is 0 Å². The molecule has 2 unspecified atom stereocenters. The predicted octanol–water partition coefficient (Wildman–Crippen LogP) is 1.06. The monoisotopic (exact) mass is 293 g/mol. The SMILES string of the molecule is COc1ccc(N)cc1NC(=O)C(C)N1CCCC(O)C1. The molecular weight excluding hydrogens is 270 g/mol. The molecule has 0 radical (unpaired) electrons. The average molecular weight is 293 g/mol. The highest BCUT2D eigenvalue weighted by molar-refractivity contribution is 5.96. The number of piperidine rings is 1. The van der Waals surface area contributed by atoms with Crippen LogP contribution in [0.5, 0.6) is 5.75 Å². The van der Waals surface area contributed by atoms with Crippen molar-refractivity contribution in [1.82, 2.24) is 4.90 Å². The van der Waals surface area contributed by atoms with Crippen LogP contribution in [-0.2, 0) is 4.79 Å². The van der Waals surface area contributed by atoms with E-state index in [2.05, 4.69) is 5.32 Å². The predicted molar refractivity (Wildman–Crippen MR) is 82.3 cm³/mol. The van der Waals surface area contributed by atoms with Crippen molar-refractivity contribution in [1.29, 1.82) is 0 Å². The number of ether oxygens (including phenoxy) is 1. The number of aliphatic hydroxyl groups is 1. The molecule has 1 amide bonds.